The summed E-state index contributed by atoms with van der Waals surface area (Å²) in [6.07, 6.45) is 4.60. The van der Waals surface area contributed by atoms with Gasteiger partial charge in [-0.15, -0.1) is 0 Å². The molecular weight excluding hydrogens is 344 g/mol. The number of hydrogen-bond acceptors (Lipinski definition) is 6. The van der Waals surface area contributed by atoms with E-state index in [0.29, 0.717) is 38.0 Å². The molecule has 1 N–H and O–H groups in total. The van der Waals surface area contributed by atoms with E-state index in [-0.39, 0.29) is 24.3 Å². The molecule has 1 aromatic rings. The van der Waals surface area contributed by atoms with Crippen LogP contribution in [0.15, 0.2) is 18.5 Å². The Morgan fingerprint density at radius 3 is 2.70 bits per heavy atom. The van der Waals surface area contributed by atoms with Crippen molar-refractivity contribution in [2.24, 2.45) is 5.92 Å². The summed E-state index contributed by atoms with van der Waals surface area (Å²) < 4.78 is 0. The Hall–Kier alpha value is -2.22. The topological polar surface area (TPSA) is 81.7 Å². The number of nitrogens with one attached hydrogen (secondary N) is 1. The molecule has 0 bridgehead atoms. The van der Waals surface area contributed by atoms with E-state index in [4.69, 9.17) is 0 Å². The van der Waals surface area contributed by atoms with Crippen LogP contribution >= 0.6 is 0 Å². The van der Waals surface area contributed by atoms with Crippen LogP contribution in [0.3, 0.4) is 0 Å². The molecule has 2 fully saturated rings. The largest absolute Gasteiger partial charge is 0.353 e. The average molecular weight is 374 g/mol. The van der Waals surface area contributed by atoms with Crippen molar-refractivity contribution in [1.82, 2.24) is 25.1 Å². The van der Waals surface area contributed by atoms with Gasteiger partial charge in [0.1, 0.15) is 0 Å². The van der Waals surface area contributed by atoms with Gasteiger partial charge in [-0.2, -0.15) is 0 Å². The number of piperazine rings is 1. The van der Waals surface area contributed by atoms with E-state index < -0.39 is 0 Å². The molecule has 0 unspecified atom stereocenters. The minimum absolute atomic E-state index is 0.0237. The normalized spacial score (nSPS) is 21.9. The maximum Gasteiger partial charge on any atom is 0.237 e. The van der Waals surface area contributed by atoms with Crippen molar-refractivity contribution in [3.63, 3.8) is 0 Å². The first-order valence-corrected chi connectivity index (χ1v) is 9.86. The second-order valence-electron chi connectivity index (χ2n) is 7.67. The molecule has 2 saturated heterocycles. The monoisotopic (exact) mass is 374 g/mol. The minimum Gasteiger partial charge on any atom is -0.353 e. The summed E-state index contributed by atoms with van der Waals surface area (Å²) in [6.45, 7) is 9.47. The Bertz CT molecular complexity index is 638. The molecule has 0 radical (unpaired) electrons. The molecule has 2 aliphatic rings. The number of anilines is 1. The predicted octanol–water partition coefficient (Wildman–Crippen LogP) is 0.362. The van der Waals surface area contributed by atoms with Crippen LogP contribution in [0.4, 0.5) is 5.95 Å². The summed E-state index contributed by atoms with van der Waals surface area (Å²) in [4.78, 5) is 40.0. The van der Waals surface area contributed by atoms with Gasteiger partial charge in [-0.1, -0.05) is 13.8 Å². The van der Waals surface area contributed by atoms with Crippen molar-refractivity contribution in [2.75, 3.05) is 50.7 Å². The van der Waals surface area contributed by atoms with Crippen LogP contribution in [0.2, 0.25) is 0 Å². The van der Waals surface area contributed by atoms with Crippen molar-refractivity contribution in [2.45, 2.75) is 32.7 Å². The zero-order valence-electron chi connectivity index (χ0n) is 16.3. The number of amides is 2. The summed E-state index contributed by atoms with van der Waals surface area (Å²) >= 11 is 0. The zero-order chi connectivity index (χ0) is 19.2. The van der Waals surface area contributed by atoms with Crippen LogP contribution in [0.25, 0.3) is 0 Å². The fourth-order valence-electron chi connectivity index (χ4n) is 3.79. The van der Waals surface area contributed by atoms with Crippen LogP contribution < -0.4 is 10.2 Å². The van der Waals surface area contributed by atoms with Gasteiger partial charge in [0.2, 0.25) is 17.8 Å². The molecule has 148 valence electrons. The summed E-state index contributed by atoms with van der Waals surface area (Å²) in [5.41, 5.74) is 0. The summed E-state index contributed by atoms with van der Waals surface area (Å²) in [6, 6.07) is 1.44. The molecule has 0 aromatic carbocycles. The maximum atomic E-state index is 12.9. The molecule has 8 nitrogen and oxygen atoms in total. The van der Waals surface area contributed by atoms with E-state index in [1.807, 2.05) is 4.90 Å². The Kier molecular flexibility index (Phi) is 6.60. The highest BCUT2D eigenvalue weighted by atomic mass is 16.2. The van der Waals surface area contributed by atoms with Gasteiger partial charge in [0.25, 0.3) is 0 Å². The zero-order valence-corrected chi connectivity index (χ0v) is 16.3. The highest BCUT2D eigenvalue weighted by Gasteiger charge is 2.33. The lowest BCUT2D eigenvalue weighted by Crippen LogP contribution is -2.57. The van der Waals surface area contributed by atoms with Gasteiger partial charge >= 0.3 is 0 Å². The van der Waals surface area contributed by atoms with E-state index in [2.05, 4.69) is 38.9 Å². The van der Waals surface area contributed by atoms with Crippen LogP contribution in [0, 0.1) is 5.92 Å². The first-order chi connectivity index (χ1) is 13.0. The van der Waals surface area contributed by atoms with E-state index in [1.165, 1.54) is 0 Å². The summed E-state index contributed by atoms with van der Waals surface area (Å²) in [5, 5.41) is 2.91. The van der Waals surface area contributed by atoms with Gasteiger partial charge in [0, 0.05) is 58.2 Å². The summed E-state index contributed by atoms with van der Waals surface area (Å²) in [7, 11) is 0. The third kappa shape index (κ3) is 5.15. The lowest BCUT2D eigenvalue weighted by molar-refractivity contribution is -0.138. The number of nitrogens with zero attached hydrogens (tertiary/aromatic N) is 5. The van der Waals surface area contributed by atoms with Crippen LogP contribution in [-0.4, -0.2) is 83.4 Å². The third-order valence-corrected chi connectivity index (χ3v) is 5.09. The quantitative estimate of drug-likeness (QED) is 0.802. The van der Waals surface area contributed by atoms with Gasteiger partial charge in [0.15, 0.2) is 0 Å². The van der Waals surface area contributed by atoms with Gasteiger partial charge < -0.3 is 15.1 Å². The number of hydrogen-bond donors (Lipinski definition) is 1. The van der Waals surface area contributed by atoms with Crippen molar-refractivity contribution in [3.8, 4) is 0 Å². The third-order valence-electron chi connectivity index (χ3n) is 5.09. The predicted molar refractivity (Wildman–Crippen MR) is 103 cm³/mol. The number of rotatable bonds is 5. The highest BCUT2D eigenvalue weighted by molar-refractivity contribution is 5.88. The van der Waals surface area contributed by atoms with Gasteiger partial charge in [-0.25, -0.2) is 9.97 Å². The van der Waals surface area contributed by atoms with E-state index >= 15 is 0 Å². The number of aromatic nitrogens is 2. The van der Waals surface area contributed by atoms with E-state index in [0.717, 1.165) is 26.1 Å². The Morgan fingerprint density at radius 2 is 1.96 bits per heavy atom. The first kappa shape index (κ1) is 19.5. The average Bonchev–Trinajstić information content (AvgIpc) is 2.91. The standard InChI is InChI=1S/C19H30N6O2/c1-15(2)14-25-10-7-20-18(27)16(25)13-17(26)23-8-4-9-24(12-11-23)19-21-5-3-6-22-19/h3,5-6,15-16H,4,7-14H2,1-2H3,(H,20,27)/t16-/m0/s1. The molecule has 0 aliphatic carbocycles. The number of carbonyl (C=O) groups excluding carboxylic acids is 2. The molecule has 1 atom stereocenters. The highest BCUT2D eigenvalue weighted by Crippen LogP contribution is 2.15. The van der Waals surface area contributed by atoms with Crippen LogP contribution in [0.5, 0.6) is 0 Å². The molecular formula is C19H30N6O2. The van der Waals surface area contributed by atoms with Crippen LogP contribution in [0.1, 0.15) is 26.7 Å². The molecule has 1 aromatic heterocycles. The molecule has 2 aliphatic heterocycles. The molecule has 2 amide bonds. The van der Waals surface area contributed by atoms with Gasteiger partial charge in [-0.3, -0.25) is 14.5 Å². The smallest absolute Gasteiger partial charge is 0.237 e. The number of carbonyl (C=O) groups is 2. The fraction of sp³-hybridized carbons (Fsp3) is 0.684. The molecule has 0 saturated carbocycles. The molecule has 0 spiro atoms. The molecule has 27 heavy (non-hydrogen) atoms. The lowest BCUT2D eigenvalue weighted by Gasteiger charge is -2.36. The van der Waals surface area contributed by atoms with E-state index in [1.54, 1.807) is 18.5 Å². The minimum atomic E-state index is -0.356. The SMILES string of the molecule is CC(C)CN1CCNC(=O)[C@@H]1CC(=O)N1CCCN(c2ncccn2)CC1. The molecule has 8 heteroatoms. The van der Waals surface area contributed by atoms with Crippen molar-refractivity contribution in [1.29, 1.82) is 0 Å². The fourth-order valence-corrected chi connectivity index (χ4v) is 3.79. The van der Waals surface area contributed by atoms with Crippen LogP contribution in [-0.2, 0) is 9.59 Å². The van der Waals surface area contributed by atoms with Gasteiger partial charge in [0.05, 0.1) is 12.5 Å². The Labute approximate surface area is 160 Å². The van der Waals surface area contributed by atoms with Crippen molar-refractivity contribution in [3.05, 3.63) is 18.5 Å². The Morgan fingerprint density at radius 1 is 1.19 bits per heavy atom. The maximum absolute atomic E-state index is 12.9. The van der Waals surface area contributed by atoms with E-state index in [9.17, 15) is 9.59 Å². The second-order valence-corrected chi connectivity index (χ2v) is 7.67. The molecule has 3 heterocycles. The second kappa shape index (κ2) is 9.12. The molecule has 3 rings (SSSR count). The van der Waals surface area contributed by atoms with Gasteiger partial charge in [-0.05, 0) is 18.4 Å². The lowest BCUT2D eigenvalue weighted by atomic mass is 10.1. The van der Waals surface area contributed by atoms with Crippen molar-refractivity contribution < 1.29 is 9.59 Å². The van der Waals surface area contributed by atoms with Crippen molar-refractivity contribution >= 4 is 17.8 Å². The Balaban J connectivity index is 1.59. The summed E-state index contributed by atoms with van der Waals surface area (Å²) in [5.74, 6) is 1.21. The first-order valence-electron chi connectivity index (χ1n) is 9.86.